The Morgan fingerprint density at radius 2 is 2.00 bits per heavy atom. The van der Waals surface area contributed by atoms with Crippen molar-refractivity contribution in [2.24, 2.45) is 0 Å². The maximum Gasteiger partial charge on any atom is 0.0117 e. The van der Waals surface area contributed by atoms with Crippen molar-refractivity contribution in [3.8, 4) is 0 Å². The summed E-state index contributed by atoms with van der Waals surface area (Å²) in [6, 6.07) is 1.40. The second-order valence-corrected chi connectivity index (χ2v) is 4.57. The van der Waals surface area contributed by atoms with E-state index in [-0.39, 0.29) is 0 Å². The Morgan fingerprint density at radius 1 is 1.36 bits per heavy atom. The van der Waals surface area contributed by atoms with Gasteiger partial charge in [0.2, 0.25) is 0 Å². The van der Waals surface area contributed by atoms with Crippen LogP contribution in [0.3, 0.4) is 0 Å². The molecule has 3 heteroatoms. The van der Waals surface area contributed by atoms with Crippen LogP contribution in [0.4, 0.5) is 0 Å². The standard InChI is InChI=1S/C11H25N3/c1-10(2)13-8-9-14(3)11-4-6-12-7-5-11/h10-13H,4-9H2,1-3H3. The lowest BCUT2D eigenvalue weighted by Gasteiger charge is -2.31. The Kier molecular flexibility index (Phi) is 5.45. The third-order valence-electron chi connectivity index (χ3n) is 2.95. The average molecular weight is 199 g/mol. The zero-order valence-corrected chi connectivity index (χ0v) is 9.84. The minimum Gasteiger partial charge on any atom is -0.317 e. The second kappa shape index (κ2) is 6.38. The number of hydrogen-bond donors (Lipinski definition) is 2. The Hall–Kier alpha value is -0.120. The number of nitrogens with one attached hydrogen (secondary N) is 2. The first-order valence-corrected chi connectivity index (χ1v) is 5.84. The van der Waals surface area contributed by atoms with Crippen LogP contribution in [-0.2, 0) is 0 Å². The lowest BCUT2D eigenvalue weighted by Crippen LogP contribution is -2.44. The highest BCUT2D eigenvalue weighted by molar-refractivity contribution is 4.76. The van der Waals surface area contributed by atoms with Crippen LogP contribution in [0, 0.1) is 0 Å². The molecule has 0 bridgehead atoms. The topological polar surface area (TPSA) is 27.3 Å². The maximum atomic E-state index is 3.46. The summed E-state index contributed by atoms with van der Waals surface area (Å²) in [5.41, 5.74) is 0. The minimum atomic E-state index is 0.608. The van der Waals surface area contributed by atoms with Crippen molar-refractivity contribution in [2.75, 3.05) is 33.2 Å². The van der Waals surface area contributed by atoms with Crippen molar-refractivity contribution < 1.29 is 0 Å². The Morgan fingerprint density at radius 3 is 2.57 bits per heavy atom. The molecule has 0 aromatic heterocycles. The van der Waals surface area contributed by atoms with Crippen molar-refractivity contribution in [3.05, 3.63) is 0 Å². The van der Waals surface area contributed by atoms with Gasteiger partial charge in [-0.1, -0.05) is 13.8 Å². The zero-order chi connectivity index (χ0) is 10.4. The van der Waals surface area contributed by atoms with Gasteiger partial charge >= 0.3 is 0 Å². The summed E-state index contributed by atoms with van der Waals surface area (Å²) in [7, 11) is 2.25. The van der Waals surface area contributed by atoms with E-state index in [9.17, 15) is 0 Å². The Bertz CT molecular complexity index is 141. The molecule has 1 aliphatic heterocycles. The van der Waals surface area contributed by atoms with E-state index >= 15 is 0 Å². The summed E-state index contributed by atoms with van der Waals surface area (Å²) in [5, 5.41) is 6.86. The van der Waals surface area contributed by atoms with Gasteiger partial charge in [-0.3, -0.25) is 0 Å². The monoisotopic (exact) mass is 199 g/mol. The third-order valence-corrected chi connectivity index (χ3v) is 2.95. The maximum absolute atomic E-state index is 3.46. The van der Waals surface area contributed by atoms with Gasteiger partial charge < -0.3 is 15.5 Å². The lowest BCUT2D eigenvalue weighted by molar-refractivity contribution is 0.198. The summed E-state index contributed by atoms with van der Waals surface area (Å²) in [6.07, 6.45) is 2.61. The first-order valence-electron chi connectivity index (χ1n) is 5.84. The van der Waals surface area contributed by atoms with Crippen molar-refractivity contribution in [2.45, 2.75) is 38.8 Å². The van der Waals surface area contributed by atoms with E-state index in [0.717, 1.165) is 12.6 Å². The molecule has 1 fully saturated rings. The third kappa shape index (κ3) is 4.40. The Labute approximate surface area is 88.2 Å². The fourth-order valence-electron chi connectivity index (χ4n) is 1.96. The number of nitrogens with zero attached hydrogens (tertiary/aromatic N) is 1. The van der Waals surface area contributed by atoms with Gasteiger partial charge in [-0.15, -0.1) is 0 Å². The number of rotatable bonds is 5. The Balaban J connectivity index is 2.10. The molecule has 0 aromatic rings. The van der Waals surface area contributed by atoms with Gasteiger partial charge in [-0.05, 0) is 33.0 Å². The van der Waals surface area contributed by atoms with Gasteiger partial charge in [-0.25, -0.2) is 0 Å². The first-order chi connectivity index (χ1) is 6.70. The van der Waals surface area contributed by atoms with Gasteiger partial charge in [-0.2, -0.15) is 0 Å². The highest BCUT2D eigenvalue weighted by Gasteiger charge is 2.16. The van der Waals surface area contributed by atoms with Gasteiger partial charge in [0.1, 0.15) is 0 Å². The molecular formula is C11H25N3. The largest absolute Gasteiger partial charge is 0.317 e. The van der Waals surface area contributed by atoms with Gasteiger partial charge in [0.15, 0.2) is 0 Å². The van der Waals surface area contributed by atoms with Gasteiger partial charge in [0.25, 0.3) is 0 Å². The quantitative estimate of drug-likeness (QED) is 0.681. The second-order valence-electron chi connectivity index (χ2n) is 4.57. The normalized spacial score (nSPS) is 19.5. The lowest BCUT2D eigenvalue weighted by atomic mass is 10.1. The van der Waals surface area contributed by atoms with Crippen molar-refractivity contribution in [1.82, 2.24) is 15.5 Å². The SMILES string of the molecule is CC(C)NCCN(C)C1CCNCC1. The zero-order valence-electron chi connectivity index (χ0n) is 9.84. The van der Waals surface area contributed by atoms with Crippen LogP contribution < -0.4 is 10.6 Å². The van der Waals surface area contributed by atoms with Crippen LogP contribution >= 0.6 is 0 Å². The molecule has 0 saturated carbocycles. The van der Waals surface area contributed by atoms with Crippen LogP contribution in [0.25, 0.3) is 0 Å². The summed E-state index contributed by atoms with van der Waals surface area (Å²) in [4.78, 5) is 2.50. The van der Waals surface area contributed by atoms with E-state index in [1.807, 2.05) is 0 Å². The number of hydrogen-bond acceptors (Lipinski definition) is 3. The van der Waals surface area contributed by atoms with Crippen LogP contribution in [-0.4, -0.2) is 50.2 Å². The van der Waals surface area contributed by atoms with Crippen molar-refractivity contribution in [1.29, 1.82) is 0 Å². The average Bonchev–Trinajstić information content (AvgIpc) is 2.18. The molecule has 1 rings (SSSR count). The highest BCUT2D eigenvalue weighted by Crippen LogP contribution is 2.08. The molecule has 0 aliphatic carbocycles. The fraction of sp³-hybridized carbons (Fsp3) is 1.00. The number of likely N-dealkylation sites (N-methyl/N-ethyl adjacent to an activating group) is 1. The van der Waals surface area contributed by atoms with Gasteiger partial charge in [0.05, 0.1) is 0 Å². The molecule has 2 N–H and O–H groups in total. The molecule has 84 valence electrons. The van der Waals surface area contributed by atoms with Gasteiger partial charge in [0, 0.05) is 25.2 Å². The van der Waals surface area contributed by atoms with E-state index in [1.54, 1.807) is 0 Å². The molecule has 0 radical (unpaired) electrons. The molecule has 3 nitrogen and oxygen atoms in total. The summed E-state index contributed by atoms with van der Waals surface area (Å²) >= 11 is 0. The molecular weight excluding hydrogens is 174 g/mol. The minimum absolute atomic E-state index is 0.608. The van der Waals surface area contributed by atoms with Crippen molar-refractivity contribution >= 4 is 0 Å². The van der Waals surface area contributed by atoms with Crippen LogP contribution in [0.15, 0.2) is 0 Å². The van der Waals surface area contributed by atoms with E-state index in [1.165, 1.54) is 32.5 Å². The van der Waals surface area contributed by atoms with E-state index < -0.39 is 0 Å². The first kappa shape index (κ1) is 12.0. The molecule has 0 unspecified atom stereocenters. The molecule has 0 aromatic carbocycles. The number of piperidine rings is 1. The molecule has 1 aliphatic rings. The van der Waals surface area contributed by atoms with Crippen LogP contribution in [0.1, 0.15) is 26.7 Å². The summed E-state index contributed by atoms with van der Waals surface area (Å²) < 4.78 is 0. The fourth-order valence-corrected chi connectivity index (χ4v) is 1.96. The smallest absolute Gasteiger partial charge is 0.0117 e. The molecule has 1 saturated heterocycles. The van der Waals surface area contributed by atoms with Crippen molar-refractivity contribution in [3.63, 3.8) is 0 Å². The van der Waals surface area contributed by atoms with E-state index in [4.69, 9.17) is 0 Å². The molecule has 0 amide bonds. The summed E-state index contributed by atoms with van der Waals surface area (Å²) in [6.45, 7) is 9.05. The van der Waals surface area contributed by atoms with Crippen LogP contribution in [0.5, 0.6) is 0 Å². The van der Waals surface area contributed by atoms with Crippen LogP contribution in [0.2, 0.25) is 0 Å². The molecule has 0 spiro atoms. The highest BCUT2D eigenvalue weighted by atomic mass is 15.2. The molecule has 1 heterocycles. The van der Waals surface area contributed by atoms with E-state index in [0.29, 0.717) is 6.04 Å². The predicted molar refractivity (Wildman–Crippen MR) is 61.7 cm³/mol. The summed E-state index contributed by atoms with van der Waals surface area (Å²) in [5.74, 6) is 0. The molecule has 0 atom stereocenters. The van der Waals surface area contributed by atoms with E-state index in [2.05, 4.69) is 36.4 Å². The molecule has 14 heavy (non-hydrogen) atoms. The predicted octanol–water partition coefficient (Wildman–Crippen LogP) is 0.668.